The van der Waals surface area contributed by atoms with Gasteiger partial charge in [-0.1, -0.05) is 60.7 Å². The van der Waals surface area contributed by atoms with E-state index in [1.54, 1.807) is 14.2 Å². The van der Waals surface area contributed by atoms with Crippen molar-refractivity contribution in [3.63, 3.8) is 0 Å². The zero-order chi connectivity index (χ0) is 22.6. The lowest BCUT2D eigenvalue weighted by Crippen LogP contribution is -2.27. The molecule has 0 aliphatic carbocycles. The fraction of sp³-hybridized carbons (Fsp3) is 0.103. The van der Waals surface area contributed by atoms with Crippen LogP contribution in [-0.4, -0.2) is 20.9 Å². The van der Waals surface area contributed by atoms with E-state index < -0.39 is 0 Å². The van der Waals surface area contributed by atoms with E-state index in [9.17, 15) is 0 Å². The summed E-state index contributed by atoms with van der Waals surface area (Å²) < 4.78 is 10.8. The molecule has 4 nitrogen and oxygen atoms in total. The minimum absolute atomic E-state index is 0.688. The molecule has 4 aromatic carbocycles. The van der Waals surface area contributed by atoms with Gasteiger partial charge in [-0.2, -0.15) is 0 Å². The van der Waals surface area contributed by atoms with Gasteiger partial charge in [0.15, 0.2) is 0 Å². The molecule has 0 amide bonds. The number of hydrogen-bond acceptors (Lipinski definition) is 4. The topological polar surface area (TPSA) is 24.9 Å². The molecule has 0 unspecified atom stereocenters. The quantitative estimate of drug-likeness (QED) is 0.345. The molecule has 0 radical (unpaired) electrons. The van der Waals surface area contributed by atoms with Crippen molar-refractivity contribution in [3.8, 4) is 11.5 Å². The van der Waals surface area contributed by atoms with Crippen LogP contribution in [0.2, 0.25) is 0 Å². The predicted octanol–water partition coefficient (Wildman–Crippen LogP) is 6.51. The number of rotatable bonds is 6. The Kier molecular flexibility index (Phi) is 5.73. The third kappa shape index (κ3) is 4.03. The van der Waals surface area contributed by atoms with Crippen molar-refractivity contribution in [2.75, 3.05) is 30.7 Å². The maximum Gasteiger partial charge on any atom is 0.119 e. The minimum Gasteiger partial charge on any atom is -0.497 e. The second-order valence-electron chi connectivity index (χ2n) is 7.82. The first kappa shape index (κ1) is 20.7. The second kappa shape index (κ2) is 9.13. The molecule has 0 fully saturated rings. The van der Waals surface area contributed by atoms with Crippen LogP contribution in [0.1, 0.15) is 11.1 Å². The van der Waals surface area contributed by atoms with E-state index in [1.807, 2.05) is 24.3 Å². The predicted molar refractivity (Wildman–Crippen MR) is 136 cm³/mol. The van der Waals surface area contributed by atoms with Crippen molar-refractivity contribution in [1.82, 2.24) is 0 Å². The van der Waals surface area contributed by atoms with Gasteiger partial charge in [0, 0.05) is 22.5 Å². The van der Waals surface area contributed by atoms with E-state index in [2.05, 4.69) is 94.7 Å². The van der Waals surface area contributed by atoms with Gasteiger partial charge in [-0.15, -0.1) is 0 Å². The van der Waals surface area contributed by atoms with Gasteiger partial charge in [-0.25, -0.2) is 0 Å². The van der Waals surface area contributed by atoms with Gasteiger partial charge in [0.25, 0.3) is 0 Å². The first-order chi connectivity index (χ1) is 16.3. The molecule has 0 saturated heterocycles. The fourth-order valence-electron chi connectivity index (χ4n) is 4.26. The van der Waals surface area contributed by atoms with Crippen molar-refractivity contribution >= 4 is 22.8 Å². The Morgan fingerprint density at radius 3 is 1.18 bits per heavy atom. The molecular formula is C29H26N2O2. The average molecular weight is 435 g/mol. The first-order valence-corrected chi connectivity index (χ1v) is 11.0. The summed E-state index contributed by atoms with van der Waals surface area (Å²) in [4.78, 5) is 4.72. The lowest BCUT2D eigenvalue weighted by atomic mass is 10.0. The first-order valence-electron chi connectivity index (χ1n) is 11.0. The number of benzene rings is 4. The standard InChI is InChI=1S/C29H26N2O2/c1-32-26-17-13-24(14-18-26)30-21-31(25-15-19-27(33-2)20-16-25)29(23-11-7-4-8-12-23)28(30)22-9-5-3-6-10-22/h3-20H,21H2,1-2H3. The monoisotopic (exact) mass is 434 g/mol. The van der Waals surface area contributed by atoms with E-state index in [1.165, 1.54) is 22.5 Å². The SMILES string of the molecule is COc1ccc(N2CN(c3ccc(OC)cc3)C(c3ccccc3)=C2c2ccccc2)cc1. The summed E-state index contributed by atoms with van der Waals surface area (Å²) >= 11 is 0. The summed E-state index contributed by atoms with van der Waals surface area (Å²) in [7, 11) is 3.39. The van der Waals surface area contributed by atoms with Gasteiger partial charge in [-0.3, -0.25) is 0 Å². The number of hydrogen-bond donors (Lipinski definition) is 0. The zero-order valence-corrected chi connectivity index (χ0v) is 18.8. The molecule has 1 heterocycles. The summed E-state index contributed by atoms with van der Waals surface area (Å²) in [5.41, 5.74) is 6.90. The maximum absolute atomic E-state index is 5.39. The van der Waals surface area contributed by atoms with Crippen LogP contribution in [0.25, 0.3) is 11.4 Å². The molecule has 1 aliphatic rings. The van der Waals surface area contributed by atoms with E-state index in [0.717, 1.165) is 22.9 Å². The number of nitrogens with zero attached hydrogens (tertiary/aromatic N) is 2. The van der Waals surface area contributed by atoms with Crippen LogP contribution in [0, 0.1) is 0 Å². The van der Waals surface area contributed by atoms with E-state index in [4.69, 9.17) is 9.47 Å². The minimum atomic E-state index is 0.688. The molecule has 0 bridgehead atoms. The fourth-order valence-corrected chi connectivity index (χ4v) is 4.26. The van der Waals surface area contributed by atoms with Gasteiger partial charge in [0.2, 0.25) is 0 Å². The van der Waals surface area contributed by atoms with Crippen LogP contribution in [0.4, 0.5) is 11.4 Å². The van der Waals surface area contributed by atoms with E-state index in [0.29, 0.717) is 6.67 Å². The Morgan fingerprint density at radius 1 is 0.485 bits per heavy atom. The van der Waals surface area contributed by atoms with Crippen molar-refractivity contribution in [1.29, 1.82) is 0 Å². The van der Waals surface area contributed by atoms with Crippen LogP contribution in [0.5, 0.6) is 11.5 Å². The highest BCUT2D eigenvalue weighted by molar-refractivity contribution is 6.05. The van der Waals surface area contributed by atoms with Crippen LogP contribution in [-0.2, 0) is 0 Å². The lowest BCUT2D eigenvalue weighted by Gasteiger charge is -2.25. The van der Waals surface area contributed by atoms with Crippen molar-refractivity contribution in [3.05, 3.63) is 120 Å². The Morgan fingerprint density at radius 2 is 0.848 bits per heavy atom. The van der Waals surface area contributed by atoms with Crippen LogP contribution in [0.15, 0.2) is 109 Å². The van der Waals surface area contributed by atoms with Crippen LogP contribution < -0.4 is 19.3 Å². The molecule has 5 rings (SSSR count). The highest BCUT2D eigenvalue weighted by Crippen LogP contribution is 2.43. The molecule has 33 heavy (non-hydrogen) atoms. The lowest BCUT2D eigenvalue weighted by molar-refractivity contribution is 0.415. The molecule has 4 aromatic rings. The Balaban J connectivity index is 1.72. The molecule has 1 aliphatic heterocycles. The Labute approximate surface area is 194 Å². The van der Waals surface area contributed by atoms with Gasteiger partial charge < -0.3 is 19.3 Å². The van der Waals surface area contributed by atoms with Gasteiger partial charge >= 0.3 is 0 Å². The molecule has 0 saturated carbocycles. The molecule has 164 valence electrons. The maximum atomic E-state index is 5.39. The molecule has 0 atom stereocenters. The Bertz CT molecular complexity index is 1140. The summed E-state index contributed by atoms with van der Waals surface area (Å²) in [5.74, 6) is 1.69. The van der Waals surface area contributed by atoms with Crippen molar-refractivity contribution in [2.24, 2.45) is 0 Å². The summed E-state index contributed by atoms with van der Waals surface area (Å²) in [6.45, 7) is 0.688. The van der Waals surface area contributed by atoms with Gasteiger partial charge in [-0.05, 0) is 48.5 Å². The summed E-state index contributed by atoms with van der Waals surface area (Å²) in [6, 6.07) is 37.7. The molecule has 4 heteroatoms. The number of anilines is 2. The average Bonchev–Trinajstić information content (AvgIpc) is 3.30. The van der Waals surface area contributed by atoms with Crippen molar-refractivity contribution < 1.29 is 9.47 Å². The third-order valence-corrected chi connectivity index (χ3v) is 5.91. The van der Waals surface area contributed by atoms with Crippen LogP contribution >= 0.6 is 0 Å². The Hall–Kier alpha value is -4.18. The summed E-state index contributed by atoms with van der Waals surface area (Å²) in [5, 5.41) is 0. The van der Waals surface area contributed by atoms with Gasteiger partial charge in [0.1, 0.15) is 18.2 Å². The largest absolute Gasteiger partial charge is 0.497 e. The normalized spacial score (nSPS) is 13.4. The third-order valence-electron chi connectivity index (χ3n) is 5.91. The zero-order valence-electron chi connectivity index (χ0n) is 18.8. The van der Waals surface area contributed by atoms with Crippen molar-refractivity contribution in [2.45, 2.75) is 0 Å². The highest BCUT2D eigenvalue weighted by Gasteiger charge is 2.32. The molecule has 0 spiro atoms. The molecular weight excluding hydrogens is 408 g/mol. The number of ether oxygens (including phenoxy) is 2. The van der Waals surface area contributed by atoms with E-state index in [-0.39, 0.29) is 0 Å². The second-order valence-corrected chi connectivity index (χ2v) is 7.82. The van der Waals surface area contributed by atoms with Gasteiger partial charge in [0.05, 0.1) is 25.6 Å². The molecule has 0 aromatic heterocycles. The summed E-state index contributed by atoms with van der Waals surface area (Å²) in [6.07, 6.45) is 0. The highest BCUT2D eigenvalue weighted by atomic mass is 16.5. The molecule has 0 N–H and O–H groups in total. The van der Waals surface area contributed by atoms with E-state index >= 15 is 0 Å². The smallest absolute Gasteiger partial charge is 0.119 e. The number of methoxy groups -OCH3 is 2. The van der Waals surface area contributed by atoms with Crippen LogP contribution in [0.3, 0.4) is 0 Å².